The largest absolute Gasteiger partial charge is 0.311 e. The average molecular weight is 805 g/mol. The Kier molecular flexibility index (Phi) is 11.1. The molecule has 1 fully saturated rings. The van der Waals surface area contributed by atoms with Gasteiger partial charge in [-0.25, -0.2) is 0 Å². The van der Waals surface area contributed by atoms with Gasteiger partial charge in [0.15, 0.2) is 0 Å². The zero-order valence-corrected chi connectivity index (χ0v) is 35.1. The third-order valence-corrected chi connectivity index (χ3v) is 13.3. The van der Waals surface area contributed by atoms with Crippen LogP contribution in [0.5, 0.6) is 0 Å². The number of hydrogen-bond donors (Lipinski definition) is 0. The normalized spacial score (nSPS) is 12.9. The zero-order valence-electron chi connectivity index (χ0n) is 34.3. The van der Waals surface area contributed by atoms with E-state index in [-0.39, 0.29) is 0 Å². The molecular weight excluding hydrogens is 757 g/mol. The number of thiophene rings is 1. The molecule has 10 rings (SSSR count). The zero-order chi connectivity index (χ0) is 40.8. The molecule has 1 aliphatic rings. The Morgan fingerprint density at radius 1 is 0.279 bits per heavy atom. The van der Waals surface area contributed by atoms with Gasteiger partial charge in [-0.15, -0.1) is 11.3 Å². The van der Waals surface area contributed by atoms with Crippen LogP contribution in [0.3, 0.4) is 0 Å². The summed E-state index contributed by atoms with van der Waals surface area (Å²) in [5, 5.41) is 0. The monoisotopic (exact) mass is 804 g/mol. The first-order valence-electron chi connectivity index (χ1n) is 21.6. The van der Waals surface area contributed by atoms with Gasteiger partial charge < -0.3 is 9.80 Å². The van der Waals surface area contributed by atoms with E-state index in [1.165, 1.54) is 86.5 Å². The number of benzene rings is 8. The van der Waals surface area contributed by atoms with Crippen LogP contribution in [0.1, 0.15) is 43.6 Å². The topological polar surface area (TPSA) is 6.48 Å². The second-order valence-corrected chi connectivity index (χ2v) is 17.1. The van der Waals surface area contributed by atoms with E-state index in [1.54, 1.807) is 0 Å². The molecule has 3 heteroatoms. The maximum atomic E-state index is 2.38. The molecule has 0 bridgehead atoms. The van der Waals surface area contributed by atoms with Crippen molar-refractivity contribution < 1.29 is 0 Å². The minimum absolute atomic E-state index is 0.679. The molecule has 0 N–H and O–H groups in total. The lowest BCUT2D eigenvalue weighted by Gasteiger charge is -2.27. The maximum absolute atomic E-state index is 2.38. The number of rotatable bonds is 11. The summed E-state index contributed by atoms with van der Waals surface area (Å²) in [6, 6.07) is 81.7. The Bertz CT molecular complexity index is 2770. The van der Waals surface area contributed by atoms with E-state index in [2.05, 4.69) is 234 Å². The third-order valence-electron chi connectivity index (χ3n) is 12.1. The van der Waals surface area contributed by atoms with E-state index >= 15 is 0 Å². The van der Waals surface area contributed by atoms with Gasteiger partial charge in [-0.05, 0) is 143 Å². The van der Waals surface area contributed by atoms with E-state index in [4.69, 9.17) is 0 Å². The minimum Gasteiger partial charge on any atom is -0.311 e. The Morgan fingerprint density at radius 3 is 1.02 bits per heavy atom. The molecule has 0 atom stereocenters. The minimum atomic E-state index is 0.679. The number of anilines is 6. The molecule has 61 heavy (non-hydrogen) atoms. The lowest BCUT2D eigenvalue weighted by molar-refractivity contribution is 0.443. The van der Waals surface area contributed by atoms with Crippen molar-refractivity contribution in [3.8, 4) is 43.1 Å². The lowest BCUT2D eigenvalue weighted by Crippen LogP contribution is -2.10. The van der Waals surface area contributed by atoms with Crippen molar-refractivity contribution in [3.63, 3.8) is 0 Å². The molecule has 0 saturated heterocycles. The van der Waals surface area contributed by atoms with Crippen LogP contribution in [0.15, 0.2) is 224 Å². The summed E-state index contributed by atoms with van der Waals surface area (Å²) >= 11 is 1.83. The van der Waals surface area contributed by atoms with Crippen LogP contribution >= 0.6 is 11.3 Å². The first-order valence-corrected chi connectivity index (χ1v) is 22.4. The molecule has 296 valence electrons. The molecule has 0 aliphatic heterocycles. The van der Waals surface area contributed by atoms with Crippen LogP contribution in [0.4, 0.5) is 34.1 Å². The van der Waals surface area contributed by atoms with Crippen molar-refractivity contribution >= 4 is 45.5 Å². The lowest BCUT2D eigenvalue weighted by atomic mass is 9.84. The predicted molar refractivity (Wildman–Crippen MR) is 261 cm³/mol. The molecule has 1 aromatic heterocycles. The molecule has 2 nitrogen and oxygen atoms in total. The van der Waals surface area contributed by atoms with E-state index < -0.39 is 0 Å². The Morgan fingerprint density at radius 2 is 0.590 bits per heavy atom. The summed E-state index contributed by atoms with van der Waals surface area (Å²) < 4.78 is 0. The maximum Gasteiger partial charge on any atom is 0.0462 e. The standard InChI is InChI=1S/C58H48N2S/c1-5-13-43(14-6-1)45-21-31-53(32-22-45)60(54-33-23-46(24-34-54)44-15-7-2-8-16-44)55-37-27-48(28-38-55)47-25-35-52(36-26-47)59(51-19-11-4-12-20-51)56-39-29-50(30-40-56)58-42-41-57(61-58)49-17-9-3-10-18-49/h1,3-6,9-14,17-42,44H,2,7-8,15-16H2. The molecule has 0 amide bonds. The van der Waals surface area contributed by atoms with Gasteiger partial charge in [-0.3, -0.25) is 0 Å². The number of hydrogen-bond acceptors (Lipinski definition) is 3. The summed E-state index contributed by atoms with van der Waals surface area (Å²) in [5.41, 5.74) is 15.6. The van der Waals surface area contributed by atoms with Gasteiger partial charge in [-0.1, -0.05) is 159 Å². The van der Waals surface area contributed by atoms with Gasteiger partial charge in [0.05, 0.1) is 0 Å². The highest BCUT2D eigenvalue weighted by Gasteiger charge is 2.19. The van der Waals surface area contributed by atoms with Crippen molar-refractivity contribution in [2.24, 2.45) is 0 Å². The van der Waals surface area contributed by atoms with Crippen molar-refractivity contribution in [3.05, 3.63) is 230 Å². The summed E-state index contributed by atoms with van der Waals surface area (Å²) in [6.45, 7) is 0. The number of para-hydroxylation sites is 1. The quantitative estimate of drug-likeness (QED) is 0.128. The fourth-order valence-electron chi connectivity index (χ4n) is 8.87. The molecule has 1 saturated carbocycles. The van der Waals surface area contributed by atoms with Gasteiger partial charge >= 0.3 is 0 Å². The summed E-state index contributed by atoms with van der Waals surface area (Å²) in [5.74, 6) is 0.679. The Balaban J connectivity index is 0.920. The highest BCUT2D eigenvalue weighted by atomic mass is 32.1. The van der Waals surface area contributed by atoms with E-state index in [1.807, 2.05) is 11.3 Å². The van der Waals surface area contributed by atoms with Crippen LogP contribution in [0.25, 0.3) is 43.1 Å². The van der Waals surface area contributed by atoms with E-state index in [0.29, 0.717) is 5.92 Å². The second kappa shape index (κ2) is 17.7. The SMILES string of the molecule is c1ccc(-c2ccc(N(c3ccc(-c4ccc(N(c5ccccc5)c5ccc(-c6ccc(-c7ccccc7)s6)cc5)cc4)cc3)c3ccc(C4CCCCC4)cc3)cc2)cc1. The predicted octanol–water partition coefficient (Wildman–Crippen LogP) is 17.4. The van der Waals surface area contributed by atoms with Crippen molar-refractivity contribution in [1.29, 1.82) is 0 Å². The first-order chi connectivity index (χ1) is 30.2. The van der Waals surface area contributed by atoms with Crippen LogP contribution < -0.4 is 9.80 Å². The summed E-state index contributed by atoms with van der Waals surface area (Å²) in [7, 11) is 0. The molecule has 1 heterocycles. The van der Waals surface area contributed by atoms with Crippen LogP contribution in [0, 0.1) is 0 Å². The van der Waals surface area contributed by atoms with Crippen LogP contribution in [0.2, 0.25) is 0 Å². The number of nitrogens with zero attached hydrogens (tertiary/aromatic N) is 2. The van der Waals surface area contributed by atoms with Crippen molar-refractivity contribution in [1.82, 2.24) is 0 Å². The molecule has 0 spiro atoms. The second-order valence-electron chi connectivity index (χ2n) is 16.0. The van der Waals surface area contributed by atoms with Crippen molar-refractivity contribution in [2.45, 2.75) is 38.0 Å². The summed E-state index contributed by atoms with van der Waals surface area (Å²) in [6.07, 6.45) is 6.66. The third kappa shape index (κ3) is 8.44. The van der Waals surface area contributed by atoms with Crippen LogP contribution in [-0.2, 0) is 0 Å². The molecule has 9 aromatic rings. The Hall–Kier alpha value is -6.94. The molecule has 8 aromatic carbocycles. The Labute approximate surface area is 364 Å². The highest BCUT2D eigenvalue weighted by molar-refractivity contribution is 7.18. The molecule has 0 unspecified atom stereocenters. The molecule has 0 radical (unpaired) electrons. The van der Waals surface area contributed by atoms with Gasteiger partial charge in [-0.2, -0.15) is 0 Å². The highest BCUT2D eigenvalue weighted by Crippen LogP contribution is 2.41. The van der Waals surface area contributed by atoms with E-state index in [0.717, 1.165) is 28.4 Å². The van der Waals surface area contributed by atoms with E-state index in [9.17, 15) is 0 Å². The van der Waals surface area contributed by atoms with Gasteiger partial charge in [0.2, 0.25) is 0 Å². The first kappa shape index (κ1) is 38.3. The smallest absolute Gasteiger partial charge is 0.0462 e. The average Bonchev–Trinajstić information content (AvgIpc) is 3.85. The molecular formula is C58H48N2S. The van der Waals surface area contributed by atoms with Gasteiger partial charge in [0.1, 0.15) is 0 Å². The van der Waals surface area contributed by atoms with Crippen LogP contribution in [-0.4, -0.2) is 0 Å². The van der Waals surface area contributed by atoms with Gasteiger partial charge in [0.25, 0.3) is 0 Å². The van der Waals surface area contributed by atoms with Gasteiger partial charge in [0, 0.05) is 43.9 Å². The molecule has 1 aliphatic carbocycles. The fourth-order valence-corrected chi connectivity index (χ4v) is 9.88. The fraction of sp³-hybridized carbons (Fsp3) is 0.103. The van der Waals surface area contributed by atoms with Crippen molar-refractivity contribution in [2.75, 3.05) is 9.80 Å². The summed E-state index contributed by atoms with van der Waals surface area (Å²) in [4.78, 5) is 7.27.